The Morgan fingerprint density at radius 2 is 1.60 bits per heavy atom. The average Bonchev–Trinajstić information content (AvgIpc) is 2.53. The van der Waals surface area contributed by atoms with E-state index in [0.717, 1.165) is 31.0 Å². The van der Waals surface area contributed by atoms with Crippen molar-refractivity contribution >= 4 is 6.29 Å². The van der Waals surface area contributed by atoms with E-state index >= 15 is 0 Å². The second-order valence-corrected chi connectivity index (χ2v) is 6.69. The summed E-state index contributed by atoms with van der Waals surface area (Å²) in [4.78, 5) is 10.7. The van der Waals surface area contributed by atoms with Crippen LogP contribution in [0.1, 0.15) is 64.2 Å². The van der Waals surface area contributed by atoms with Crippen LogP contribution in [0, 0.1) is 17.8 Å². The quantitative estimate of drug-likeness (QED) is 0.527. The highest BCUT2D eigenvalue weighted by Crippen LogP contribution is 2.31. The molecule has 0 aliphatic heterocycles. The number of rotatable bonds is 6. The lowest BCUT2D eigenvalue weighted by Gasteiger charge is -2.26. The zero-order valence-corrected chi connectivity index (χ0v) is 12.9. The highest BCUT2D eigenvalue weighted by molar-refractivity contribution is 5.53. The first kappa shape index (κ1) is 15.8. The van der Waals surface area contributed by atoms with Crippen molar-refractivity contribution in [2.24, 2.45) is 17.8 Å². The van der Waals surface area contributed by atoms with Gasteiger partial charge < -0.3 is 9.53 Å². The van der Waals surface area contributed by atoms with Gasteiger partial charge in [-0.05, 0) is 76.0 Å². The summed E-state index contributed by atoms with van der Waals surface area (Å²) in [6.07, 6.45) is 18.9. The van der Waals surface area contributed by atoms with Gasteiger partial charge >= 0.3 is 0 Å². The van der Waals surface area contributed by atoms with E-state index in [2.05, 4.69) is 12.2 Å². The lowest BCUT2D eigenvalue weighted by Crippen LogP contribution is -2.19. The SMILES string of the molecule is COC1CCC(C=CCCC2CCC(C=O)CC2)CC1. The van der Waals surface area contributed by atoms with Gasteiger partial charge in [0.05, 0.1) is 6.10 Å². The zero-order valence-electron chi connectivity index (χ0n) is 12.9. The molecule has 0 radical (unpaired) electrons. The largest absolute Gasteiger partial charge is 0.381 e. The standard InChI is InChI=1S/C18H30O2/c1-20-18-12-10-16(11-13-18)5-3-2-4-15-6-8-17(14-19)9-7-15/h3,5,14-18H,2,4,6-13H2,1H3. The maximum absolute atomic E-state index is 10.7. The fourth-order valence-electron chi connectivity index (χ4n) is 3.75. The monoisotopic (exact) mass is 278 g/mol. The van der Waals surface area contributed by atoms with Gasteiger partial charge in [0.15, 0.2) is 0 Å². The molecule has 114 valence electrons. The van der Waals surface area contributed by atoms with Crippen molar-refractivity contribution in [2.75, 3.05) is 7.11 Å². The molecule has 0 bridgehead atoms. The van der Waals surface area contributed by atoms with E-state index in [1.165, 1.54) is 51.4 Å². The summed E-state index contributed by atoms with van der Waals surface area (Å²) >= 11 is 0. The summed E-state index contributed by atoms with van der Waals surface area (Å²) < 4.78 is 5.41. The van der Waals surface area contributed by atoms with E-state index in [0.29, 0.717) is 12.0 Å². The molecular formula is C18H30O2. The fourth-order valence-corrected chi connectivity index (χ4v) is 3.75. The number of ether oxygens (including phenoxy) is 1. The smallest absolute Gasteiger partial charge is 0.123 e. The summed E-state index contributed by atoms with van der Waals surface area (Å²) in [5.41, 5.74) is 0. The van der Waals surface area contributed by atoms with E-state index < -0.39 is 0 Å². The molecule has 0 aromatic rings. The molecule has 0 saturated heterocycles. The average molecular weight is 278 g/mol. The molecule has 2 nitrogen and oxygen atoms in total. The highest BCUT2D eigenvalue weighted by atomic mass is 16.5. The highest BCUT2D eigenvalue weighted by Gasteiger charge is 2.20. The van der Waals surface area contributed by atoms with Crippen LogP contribution < -0.4 is 0 Å². The molecule has 0 unspecified atom stereocenters. The molecule has 0 spiro atoms. The number of allylic oxidation sites excluding steroid dienone is 2. The van der Waals surface area contributed by atoms with Crippen molar-refractivity contribution in [2.45, 2.75) is 70.3 Å². The van der Waals surface area contributed by atoms with Gasteiger partial charge in [-0.2, -0.15) is 0 Å². The lowest BCUT2D eigenvalue weighted by atomic mass is 9.80. The third-order valence-corrected chi connectivity index (χ3v) is 5.29. The number of hydrogen-bond acceptors (Lipinski definition) is 2. The molecule has 20 heavy (non-hydrogen) atoms. The van der Waals surface area contributed by atoms with Crippen LogP contribution in [0.3, 0.4) is 0 Å². The van der Waals surface area contributed by atoms with Crippen molar-refractivity contribution in [3.8, 4) is 0 Å². The number of carbonyl (C=O) groups is 1. The van der Waals surface area contributed by atoms with Crippen molar-refractivity contribution in [3.05, 3.63) is 12.2 Å². The van der Waals surface area contributed by atoms with Gasteiger partial charge in [0.1, 0.15) is 6.29 Å². The zero-order chi connectivity index (χ0) is 14.2. The van der Waals surface area contributed by atoms with Gasteiger partial charge in [-0.1, -0.05) is 12.2 Å². The first-order chi connectivity index (χ1) is 9.81. The van der Waals surface area contributed by atoms with Crippen LogP contribution in [0.15, 0.2) is 12.2 Å². The van der Waals surface area contributed by atoms with E-state index in [4.69, 9.17) is 4.74 Å². The molecule has 2 heteroatoms. The molecule has 2 aliphatic carbocycles. The Kier molecular flexibility index (Phi) is 6.78. The first-order valence-corrected chi connectivity index (χ1v) is 8.46. The number of carbonyl (C=O) groups excluding carboxylic acids is 1. The Morgan fingerprint density at radius 3 is 2.20 bits per heavy atom. The Hall–Kier alpha value is -0.630. The number of hydrogen-bond donors (Lipinski definition) is 0. The molecule has 0 heterocycles. The molecule has 0 aromatic carbocycles. The Balaban J connectivity index is 1.57. The van der Waals surface area contributed by atoms with Crippen molar-refractivity contribution in [1.82, 2.24) is 0 Å². The second-order valence-electron chi connectivity index (χ2n) is 6.69. The van der Waals surface area contributed by atoms with Crippen LogP contribution in [0.4, 0.5) is 0 Å². The van der Waals surface area contributed by atoms with Crippen LogP contribution in [-0.2, 0) is 9.53 Å². The fraction of sp³-hybridized carbons (Fsp3) is 0.833. The predicted molar refractivity (Wildman–Crippen MR) is 82.6 cm³/mol. The van der Waals surface area contributed by atoms with Gasteiger partial charge in [-0.25, -0.2) is 0 Å². The van der Waals surface area contributed by atoms with Gasteiger partial charge in [-0.3, -0.25) is 0 Å². The van der Waals surface area contributed by atoms with E-state index in [1.807, 2.05) is 7.11 Å². The molecule has 0 atom stereocenters. The molecule has 0 N–H and O–H groups in total. The molecule has 0 amide bonds. The topological polar surface area (TPSA) is 26.3 Å². The van der Waals surface area contributed by atoms with Crippen LogP contribution >= 0.6 is 0 Å². The van der Waals surface area contributed by atoms with Crippen molar-refractivity contribution in [3.63, 3.8) is 0 Å². The molecule has 0 aromatic heterocycles. The molecule has 2 aliphatic rings. The maximum atomic E-state index is 10.7. The second kappa shape index (κ2) is 8.61. The molecule has 2 rings (SSSR count). The number of methoxy groups -OCH3 is 1. The van der Waals surface area contributed by atoms with Gasteiger partial charge in [0.25, 0.3) is 0 Å². The minimum absolute atomic E-state index is 0.359. The Bertz CT molecular complexity index is 295. The Morgan fingerprint density at radius 1 is 0.950 bits per heavy atom. The summed E-state index contributed by atoms with van der Waals surface area (Å²) in [5.74, 6) is 2.00. The van der Waals surface area contributed by atoms with Crippen molar-refractivity contribution in [1.29, 1.82) is 0 Å². The molecule has 2 saturated carbocycles. The van der Waals surface area contributed by atoms with Crippen molar-refractivity contribution < 1.29 is 9.53 Å². The summed E-state index contributed by atoms with van der Waals surface area (Å²) in [5, 5.41) is 0. The third kappa shape index (κ3) is 5.05. The minimum atomic E-state index is 0.359. The lowest BCUT2D eigenvalue weighted by molar-refractivity contribution is -0.112. The van der Waals surface area contributed by atoms with Gasteiger partial charge in [0.2, 0.25) is 0 Å². The van der Waals surface area contributed by atoms with Crippen LogP contribution in [0.2, 0.25) is 0 Å². The third-order valence-electron chi connectivity index (χ3n) is 5.29. The van der Waals surface area contributed by atoms with Crippen LogP contribution in [-0.4, -0.2) is 19.5 Å². The summed E-state index contributed by atoms with van der Waals surface area (Å²) in [6, 6.07) is 0. The maximum Gasteiger partial charge on any atom is 0.123 e. The van der Waals surface area contributed by atoms with Crippen LogP contribution in [0.25, 0.3) is 0 Å². The summed E-state index contributed by atoms with van der Waals surface area (Å²) in [6.45, 7) is 0. The first-order valence-electron chi connectivity index (χ1n) is 8.46. The normalized spacial score (nSPS) is 35.2. The molecular weight excluding hydrogens is 248 g/mol. The van der Waals surface area contributed by atoms with Gasteiger partial charge in [-0.15, -0.1) is 0 Å². The predicted octanol–water partition coefficient (Wildman–Crippen LogP) is 4.53. The van der Waals surface area contributed by atoms with E-state index in [1.54, 1.807) is 0 Å². The Labute approximate surface area is 124 Å². The van der Waals surface area contributed by atoms with Gasteiger partial charge in [0, 0.05) is 13.0 Å². The van der Waals surface area contributed by atoms with E-state index in [9.17, 15) is 4.79 Å². The van der Waals surface area contributed by atoms with Crippen LogP contribution in [0.5, 0.6) is 0 Å². The molecule has 2 fully saturated rings. The van der Waals surface area contributed by atoms with E-state index in [-0.39, 0.29) is 0 Å². The number of aldehydes is 1. The minimum Gasteiger partial charge on any atom is -0.381 e. The summed E-state index contributed by atoms with van der Waals surface area (Å²) in [7, 11) is 1.83.